The van der Waals surface area contributed by atoms with Gasteiger partial charge in [0.15, 0.2) is 0 Å². The average molecular weight is 305 g/mol. The molecule has 1 aromatic rings. The first kappa shape index (κ1) is 16.8. The number of hydrogen-bond acceptors (Lipinski definition) is 4. The first-order chi connectivity index (χ1) is 10.3. The minimum Gasteiger partial charge on any atom is -0.530 e. The molecule has 0 spiro atoms. The number of nitrogens with zero attached hydrogens (tertiary/aromatic N) is 2. The zero-order valence-corrected chi connectivity index (χ0v) is 13.6. The van der Waals surface area contributed by atoms with E-state index in [1.807, 2.05) is 39.0 Å². The van der Waals surface area contributed by atoms with Gasteiger partial charge in [-0.1, -0.05) is 30.3 Å². The molecule has 1 N–H and O–H groups in total. The molecule has 1 atom stereocenters. The second-order valence-corrected chi connectivity index (χ2v) is 7.10. The molecule has 0 aliphatic carbocycles. The van der Waals surface area contributed by atoms with Crippen LogP contribution in [0.4, 0.5) is 4.79 Å². The van der Waals surface area contributed by atoms with Gasteiger partial charge in [-0.3, -0.25) is 4.90 Å². The first-order valence-electron chi connectivity index (χ1n) is 7.67. The molecule has 0 radical (unpaired) electrons. The number of amides is 1. The van der Waals surface area contributed by atoms with Gasteiger partial charge in [0, 0.05) is 25.2 Å². The Hall–Kier alpha value is -1.59. The fourth-order valence-corrected chi connectivity index (χ4v) is 3.48. The number of likely N-dealkylation sites (tertiary alicyclic amines) is 1. The Morgan fingerprint density at radius 1 is 1.36 bits per heavy atom. The Balaban J connectivity index is 2.17. The van der Waals surface area contributed by atoms with Crippen LogP contribution in [0.15, 0.2) is 30.3 Å². The molecule has 122 valence electrons. The lowest BCUT2D eigenvalue weighted by Gasteiger charge is -2.50. The maximum Gasteiger partial charge on any atom is 0.137 e. The van der Waals surface area contributed by atoms with Gasteiger partial charge in [-0.25, -0.2) is 0 Å². The van der Waals surface area contributed by atoms with Gasteiger partial charge in [-0.15, -0.1) is 0 Å². The highest BCUT2D eigenvalue weighted by Crippen LogP contribution is 2.33. The van der Waals surface area contributed by atoms with Gasteiger partial charge < -0.3 is 19.9 Å². The minimum atomic E-state index is -1.22. The molecule has 1 saturated heterocycles. The highest BCUT2D eigenvalue weighted by Gasteiger charge is 2.46. The van der Waals surface area contributed by atoms with Crippen molar-refractivity contribution >= 4 is 6.09 Å². The summed E-state index contributed by atoms with van der Waals surface area (Å²) in [5.41, 5.74) is -0.206. The third kappa shape index (κ3) is 3.42. The molecule has 1 unspecified atom stereocenters. The van der Waals surface area contributed by atoms with Crippen molar-refractivity contribution in [3.63, 3.8) is 0 Å². The highest BCUT2D eigenvalue weighted by atomic mass is 16.4. The van der Waals surface area contributed by atoms with Gasteiger partial charge in [0.2, 0.25) is 0 Å². The zero-order valence-electron chi connectivity index (χ0n) is 13.6. The van der Waals surface area contributed by atoms with Crippen molar-refractivity contribution in [2.75, 3.05) is 19.7 Å². The Labute approximate surface area is 132 Å². The SMILES string of the molecule is CC(C)(C)N(C(=O)[O-])C1(CO)CCN(Cc2ccccc2)C1. The monoisotopic (exact) mass is 305 g/mol. The van der Waals surface area contributed by atoms with Gasteiger partial charge >= 0.3 is 0 Å². The molecular weight excluding hydrogens is 280 g/mol. The van der Waals surface area contributed by atoms with E-state index in [4.69, 9.17) is 0 Å². The number of benzene rings is 1. The summed E-state index contributed by atoms with van der Waals surface area (Å²) in [6.45, 7) is 7.34. The Morgan fingerprint density at radius 2 is 2.00 bits per heavy atom. The summed E-state index contributed by atoms with van der Waals surface area (Å²) in [5.74, 6) is 0. The molecule has 0 saturated carbocycles. The maximum absolute atomic E-state index is 11.6. The number of rotatable bonds is 4. The number of aliphatic hydroxyl groups is 1. The fourth-order valence-electron chi connectivity index (χ4n) is 3.48. The van der Waals surface area contributed by atoms with Gasteiger partial charge in [-0.05, 0) is 32.8 Å². The van der Waals surface area contributed by atoms with Crippen LogP contribution in [0.3, 0.4) is 0 Å². The van der Waals surface area contributed by atoms with Gasteiger partial charge in [0.1, 0.15) is 6.09 Å². The Kier molecular flexibility index (Phi) is 4.78. The van der Waals surface area contributed by atoms with Gasteiger partial charge in [0.25, 0.3) is 0 Å². The lowest BCUT2D eigenvalue weighted by Crippen LogP contribution is -2.65. The van der Waals surface area contributed by atoms with Crippen molar-refractivity contribution in [1.82, 2.24) is 9.80 Å². The van der Waals surface area contributed by atoms with Crippen LogP contribution in [0.25, 0.3) is 0 Å². The summed E-state index contributed by atoms with van der Waals surface area (Å²) in [4.78, 5) is 15.2. The van der Waals surface area contributed by atoms with Crippen LogP contribution in [-0.4, -0.2) is 51.8 Å². The third-order valence-corrected chi connectivity index (χ3v) is 4.28. The molecule has 1 aliphatic rings. The summed E-state index contributed by atoms with van der Waals surface area (Å²) in [6, 6.07) is 10.1. The first-order valence-corrected chi connectivity index (χ1v) is 7.67. The van der Waals surface area contributed by atoms with Crippen LogP contribution in [-0.2, 0) is 6.54 Å². The van der Waals surface area contributed by atoms with Crippen LogP contribution in [0, 0.1) is 0 Å². The number of aliphatic hydroxyl groups excluding tert-OH is 1. The highest BCUT2D eigenvalue weighted by molar-refractivity contribution is 5.65. The van der Waals surface area contributed by atoms with Crippen molar-refractivity contribution in [2.45, 2.75) is 44.8 Å². The molecular formula is C17H25N2O3-. The van der Waals surface area contributed by atoms with Crippen LogP contribution >= 0.6 is 0 Å². The molecule has 5 heteroatoms. The van der Waals surface area contributed by atoms with E-state index in [0.717, 1.165) is 13.1 Å². The molecule has 22 heavy (non-hydrogen) atoms. The molecule has 5 nitrogen and oxygen atoms in total. The third-order valence-electron chi connectivity index (χ3n) is 4.28. The zero-order chi connectivity index (χ0) is 16.4. The normalized spacial score (nSPS) is 22.7. The van der Waals surface area contributed by atoms with E-state index in [1.165, 1.54) is 10.5 Å². The van der Waals surface area contributed by atoms with E-state index >= 15 is 0 Å². The summed E-state index contributed by atoms with van der Waals surface area (Å²) >= 11 is 0. The molecule has 1 fully saturated rings. The number of carbonyl (C=O) groups excluding carboxylic acids is 1. The van der Waals surface area contributed by atoms with Gasteiger partial charge in [0.05, 0.1) is 12.1 Å². The molecule has 0 bridgehead atoms. The summed E-state index contributed by atoms with van der Waals surface area (Å²) < 4.78 is 0. The molecule has 0 aromatic heterocycles. The number of hydrogen-bond donors (Lipinski definition) is 1. The second-order valence-electron chi connectivity index (χ2n) is 7.10. The quantitative estimate of drug-likeness (QED) is 0.903. The van der Waals surface area contributed by atoms with Crippen LogP contribution in [0.1, 0.15) is 32.8 Å². The van der Waals surface area contributed by atoms with E-state index in [1.54, 1.807) is 0 Å². The largest absolute Gasteiger partial charge is 0.530 e. The predicted molar refractivity (Wildman–Crippen MR) is 83.1 cm³/mol. The molecule has 1 heterocycles. The second kappa shape index (κ2) is 6.26. The average Bonchev–Trinajstić information content (AvgIpc) is 2.82. The van der Waals surface area contributed by atoms with Crippen LogP contribution in [0.2, 0.25) is 0 Å². The standard InChI is InChI=1S/C17H26N2O3/c1-16(2,3)19(15(21)22)17(13-20)9-10-18(12-17)11-14-7-5-4-6-8-14/h4-8,20H,9-13H2,1-3H3,(H,21,22)/p-1. The molecule has 1 amide bonds. The summed E-state index contributed by atoms with van der Waals surface area (Å²) in [5, 5.41) is 21.6. The molecule has 2 rings (SSSR count). The fraction of sp³-hybridized carbons (Fsp3) is 0.588. The van der Waals surface area contributed by atoms with Crippen LogP contribution in [0.5, 0.6) is 0 Å². The van der Waals surface area contributed by atoms with E-state index in [-0.39, 0.29) is 6.61 Å². The van der Waals surface area contributed by atoms with Crippen molar-refractivity contribution in [3.05, 3.63) is 35.9 Å². The van der Waals surface area contributed by atoms with E-state index in [2.05, 4.69) is 17.0 Å². The Bertz CT molecular complexity index is 512. The number of carbonyl (C=O) groups is 1. The van der Waals surface area contributed by atoms with Crippen molar-refractivity contribution < 1.29 is 15.0 Å². The lowest BCUT2D eigenvalue weighted by molar-refractivity contribution is -0.279. The summed E-state index contributed by atoms with van der Waals surface area (Å²) in [6.07, 6.45) is -0.607. The maximum atomic E-state index is 11.6. The van der Waals surface area contributed by atoms with Crippen LogP contribution < -0.4 is 5.11 Å². The topological polar surface area (TPSA) is 66.8 Å². The lowest BCUT2D eigenvalue weighted by atomic mass is 9.91. The van der Waals surface area contributed by atoms with E-state index < -0.39 is 17.2 Å². The smallest absolute Gasteiger partial charge is 0.137 e. The van der Waals surface area contributed by atoms with Crippen molar-refractivity contribution in [3.8, 4) is 0 Å². The van der Waals surface area contributed by atoms with E-state index in [9.17, 15) is 15.0 Å². The minimum absolute atomic E-state index is 0.191. The molecule has 1 aromatic carbocycles. The summed E-state index contributed by atoms with van der Waals surface area (Å²) in [7, 11) is 0. The molecule has 1 aliphatic heterocycles. The number of carboxylic acid groups (broad SMARTS) is 1. The van der Waals surface area contributed by atoms with Crippen molar-refractivity contribution in [1.29, 1.82) is 0 Å². The predicted octanol–water partition coefficient (Wildman–Crippen LogP) is 1.07. The van der Waals surface area contributed by atoms with Crippen molar-refractivity contribution in [2.24, 2.45) is 0 Å². The van der Waals surface area contributed by atoms with E-state index in [0.29, 0.717) is 13.0 Å². The Morgan fingerprint density at radius 3 is 2.50 bits per heavy atom. The van der Waals surface area contributed by atoms with Gasteiger partial charge in [-0.2, -0.15) is 0 Å².